The molecule has 0 amide bonds. The number of nitrogens with zero attached hydrogens (tertiary/aromatic N) is 4. The Morgan fingerprint density at radius 2 is 2.04 bits per heavy atom. The van der Waals surface area contributed by atoms with Crippen LogP contribution in [-0.2, 0) is 11.3 Å². The number of rotatable bonds is 4. The first kappa shape index (κ1) is 14.9. The Kier molecular flexibility index (Phi) is 3.57. The molecule has 24 heavy (non-hydrogen) atoms. The molecule has 1 aliphatic rings. The lowest BCUT2D eigenvalue weighted by Gasteiger charge is -2.27. The summed E-state index contributed by atoms with van der Waals surface area (Å²) < 4.78 is 46.9. The van der Waals surface area contributed by atoms with Crippen LogP contribution in [-0.4, -0.2) is 26.1 Å². The maximum absolute atomic E-state index is 13.7. The van der Waals surface area contributed by atoms with E-state index in [0.29, 0.717) is 23.3 Å². The zero-order valence-electron chi connectivity index (χ0n) is 12.3. The molecule has 0 bridgehead atoms. The average Bonchev–Trinajstić information content (AvgIpc) is 2.90. The predicted molar refractivity (Wildman–Crippen MR) is 78.6 cm³/mol. The zero-order valence-corrected chi connectivity index (χ0v) is 12.3. The van der Waals surface area contributed by atoms with Gasteiger partial charge in [-0.15, -0.1) is 0 Å². The highest BCUT2D eigenvalue weighted by atomic mass is 19.2. The first-order chi connectivity index (χ1) is 11.6. The summed E-state index contributed by atoms with van der Waals surface area (Å²) in [6, 6.07) is 3.53. The number of fused-ring (bicyclic) bond motifs is 1. The van der Waals surface area contributed by atoms with Crippen molar-refractivity contribution in [3.05, 3.63) is 47.8 Å². The second kappa shape index (κ2) is 5.75. The lowest BCUT2D eigenvalue weighted by molar-refractivity contribution is -0.0974. The van der Waals surface area contributed by atoms with Crippen molar-refractivity contribution in [1.29, 1.82) is 0 Å². The second-order valence-corrected chi connectivity index (χ2v) is 5.38. The van der Waals surface area contributed by atoms with Crippen molar-refractivity contribution in [2.45, 2.75) is 19.2 Å². The number of ether oxygens (including phenoxy) is 1. The van der Waals surface area contributed by atoms with Crippen LogP contribution in [0.5, 0.6) is 0 Å². The number of hydrogen-bond acceptors (Lipinski definition) is 5. The minimum absolute atomic E-state index is 0.134. The fraction of sp³-hybridized carbons (Fsp3) is 0.267. The molecule has 1 fully saturated rings. The standard InChI is InChI=1S/C15H12F3N5O/c16-9-2-1-8(5-10(9)17)6-19-13-12-14(22-15(18)21-13)23(7-20-12)11-3-4-24-11/h1-2,5,7,11H,3-4,6H2,(H,19,21,22). The number of imidazole rings is 1. The van der Waals surface area contributed by atoms with Gasteiger partial charge in [0.05, 0.1) is 12.9 Å². The first-order valence-corrected chi connectivity index (χ1v) is 7.31. The van der Waals surface area contributed by atoms with Gasteiger partial charge in [0.15, 0.2) is 28.6 Å². The van der Waals surface area contributed by atoms with Crippen molar-refractivity contribution in [3.63, 3.8) is 0 Å². The number of hydrogen-bond donors (Lipinski definition) is 1. The molecule has 4 rings (SSSR count). The molecule has 3 aromatic rings. The average molecular weight is 335 g/mol. The van der Waals surface area contributed by atoms with E-state index >= 15 is 0 Å². The van der Waals surface area contributed by atoms with Crippen LogP contribution < -0.4 is 5.32 Å². The Labute approximate surface area is 134 Å². The van der Waals surface area contributed by atoms with E-state index in [2.05, 4.69) is 20.3 Å². The molecule has 6 nitrogen and oxygen atoms in total. The highest BCUT2D eigenvalue weighted by molar-refractivity contribution is 5.82. The zero-order chi connectivity index (χ0) is 16.7. The third-order valence-electron chi connectivity index (χ3n) is 3.82. The third-order valence-corrected chi connectivity index (χ3v) is 3.82. The summed E-state index contributed by atoms with van der Waals surface area (Å²) in [5, 5.41) is 2.88. The molecular formula is C15H12F3N5O. The van der Waals surface area contributed by atoms with Crippen LogP contribution in [0.25, 0.3) is 11.2 Å². The largest absolute Gasteiger partial charge is 0.364 e. The minimum atomic E-state index is -0.945. The van der Waals surface area contributed by atoms with Crippen molar-refractivity contribution >= 4 is 17.0 Å². The van der Waals surface area contributed by atoms with Gasteiger partial charge in [0.2, 0.25) is 0 Å². The van der Waals surface area contributed by atoms with Gasteiger partial charge in [0.1, 0.15) is 6.23 Å². The van der Waals surface area contributed by atoms with E-state index in [1.54, 1.807) is 4.57 Å². The molecule has 1 atom stereocenters. The minimum Gasteiger partial charge on any atom is -0.364 e. The molecule has 0 saturated carbocycles. The van der Waals surface area contributed by atoms with E-state index in [4.69, 9.17) is 4.74 Å². The van der Waals surface area contributed by atoms with E-state index in [1.165, 1.54) is 12.4 Å². The Morgan fingerprint density at radius 1 is 1.21 bits per heavy atom. The van der Waals surface area contributed by atoms with Crippen molar-refractivity contribution in [2.24, 2.45) is 0 Å². The van der Waals surface area contributed by atoms with Gasteiger partial charge in [-0.3, -0.25) is 4.57 Å². The maximum atomic E-state index is 13.7. The molecule has 1 unspecified atom stereocenters. The lowest BCUT2D eigenvalue weighted by atomic mass is 10.2. The monoisotopic (exact) mass is 335 g/mol. The number of anilines is 1. The molecule has 1 N–H and O–H groups in total. The van der Waals surface area contributed by atoms with Crippen molar-refractivity contribution in [3.8, 4) is 0 Å². The Morgan fingerprint density at radius 3 is 2.75 bits per heavy atom. The van der Waals surface area contributed by atoms with Crippen LogP contribution in [0.1, 0.15) is 18.2 Å². The third kappa shape index (κ3) is 2.56. The van der Waals surface area contributed by atoms with Crippen molar-refractivity contribution in [1.82, 2.24) is 19.5 Å². The molecular weight excluding hydrogens is 323 g/mol. The van der Waals surface area contributed by atoms with E-state index < -0.39 is 17.7 Å². The number of benzene rings is 1. The molecule has 124 valence electrons. The molecule has 0 spiro atoms. The normalized spacial score (nSPS) is 17.0. The Balaban J connectivity index is 1.63. The molecule has 1 aromatic carbocycles. The van der Waals surface area contributed by atoms with Gasteiger partial charge in [-0.05, 0) is 17.7 Å². The first-order valence-electron chi connectivity index (χ1n) is 7.31. The molecule has 9 heteroatoms. The summed E-state index contributed by atoms with van der Waals surface area (Å²) in [5.41, 5.74) is 1.19. The van der Waals surface area contributed by atoms with E-state index in [0.717, 1.165) is 18.6 Å². The Hall–Kier alpha value is -2.68. The second-order valence-electron chi connectivity index (χ2n) is 5.38. The van der Waals surface area contributed by atoms with Crippen LogP contribution in [0.4, 0.5) is 19.0 Å². The van der Waals surface area contributed by atoms with Crippen LogP contribution >= 0.6 is 0 Å². The molecule has 0 aliphatic carbocycles. The molecule has 0 radical (unpaired) electrons. The van der Waals surface area contributed by atoms with Gasteiger partial charge in [0, 0.05) is 13.0 Å². The van der Waals surface area contributed by atoms with Gasteiger partial charge >= 0.3 is 6.08 Å². The highest BCUT2D eigenvalue weighted by Crippen LogP contribution is 2.28. The van der Waals surface area contributed by atoms with E-state index in [9.17, 15) is 13.2 Å². The number of nitrogens with one attached hydrogen (secondary N) is 1. The van der Waals surface area contributed by atoms with Gasteiger partial charge in [-0.1, -0.05) is 6.07 Å². The summed E-state index contributed by atoms with van der Waals surface area (Å²) in [7, 11) is 0. The van der Waals surface area contributed by atoms with Crippen LogP contribution in [0.3, 0.4) is 0 Å². The van der Waals surface area contributed by atoms with Crippen LogP contribution in [0.15, 0.2) is 24.5 Å². The van der Waals surface area contributed by atoms with Crippen LogP contribution in [0.2, 0.25) is 0 Å². The molecule has 1 aliphatic heterocycles. The molecule has 2 aromatic heterocycles. The quantitative estimate of drug-likeness (QED) is 0.743. The topological polar surface area (TPSA) is 64.9 Å². The smallest absolute Gasteiger partial charge is 0.312 e. The summed E-state index contributed by atoms with van der Waals surface area (Å²) in [5.74, 6) is -1.69. The van der Waals surface area contributed by atoms with Gasteiger partial charge in [0.25, 0.3) is 0 Å². The summed E-state index contributed by atoms with van der Waals surface area (Å²) in [6.45, 7) is 0.773. The number of halogens is 3. The summed E-state index contributed by atoms with van der Waals surface area (Å²) in [6.07, 6.45) is 1.21. The van der Waals surface area contributed by atoms with Gasteiger partial charge < -0.3 is 10.1 Å². The van der Waals surface area contributed by atoms with Gasteiger partial charge in [-0.2, -0.15) is 14.4 Å². The van der Waals surface area contributed by atoms with Crippen molar-refractivity contribution in [2.75, 3.05) is 11.9 Å². The SMILES string of the molecule is Fc1nc(NCc2ccc(F)c(F)c2)c2ncn(C3CCO3)c2n1. The van der Waals surface area contributed by atoms with E-state index in [-0.39, 0.29) is 18.6 Å². The number of aromatic nitrogens is 4. The predicted octanol–water partition coefficient (Wildman–Crippen LogP) is 2.77. The van der Waals surface area contributed by atoms with E-state index in [1.807, 2.05) is 0 Å². The maximum Gasteiger partial charge on any atom is 0.312 e. The fourth-order valence-corrected chi connectivity index (χ4v) is 2.50. The Bertz CT molecular complexity index is 910. The highest BCUT2D eigenvalue weighted by Gasteiger charge is 2.24. The summed E-state index contributed by atoms with van der Waals surface area (Å²) >= 11 is 0. The van der Waals surface area contributed by atoms with Crippen molar-refractivity contribution < 1.29 is 17.9 Å². The summed E-state index contributed by atoms with van der Waals surface area (Å²) in [4.78, 5) is 11.7. The molecule has 1 saturated heterocycles. The van der Waals surface area contributed by atoms with Gasteiger partial charge in [-0.25, -0.2) is 13.8 Å². The fourth-order valence-electron chi connectivity index (χ4n) is 2.50. The van der Waals surface area contributed by atoms with Crippen LogP contribution in [0, 0.1) is 17.7 Å². The lowest BCUT2D eigenvalue weighted by Crippen LogP contribution is -2.24. The molecule has 3 heterocycles.